The van der Waals surface area contributed by atoms with Gasteiger partial charge in [0.05, 0.1) is 9.82 Å². The molecule has 0 unspecified atom stereocenters. The van der Waals surface area contributed by atoms with Gasteiger partial charge in [0.2, 0.25) is 0 Å². The van der Waals surface area contributed by atoms with Gasteiger partial charge in [-0.15, -0.1) is 0 Å². The molecule has 0 bridgehead atoms. The minimum absolute atomic E-state index is 0.156. The number of nitro groups is 1. The van der Waals surface area contributed by atoms with Crippen molar-refractivity contribution in [3.05, 3.63) is 124 Å². The normalized spacial score (nSPS) is 11.1. The van der Waals surface area contributed by atoms with Gasteiger partial charge >= 0.3 is 0 Å². The molecule has 0 aliphatic carbocycles. The number of non-ortho nitro benzene ring substituents is 1. The first-order valence-electron chi connectivity index (χ1n) is 12.0. The number of carbonyl (C=O) groups is 1. The van der Waals surface area contributed by atoms with E-state index in [-0.39, 0.29) is 16.1 Å². The van der Waals surface area contributed by atoms with Crippen LogP contribution in [-0.4, -0.2) is 19.2 Å². The largest absolute Gasteiger partial charge is 0.488 e. The summed E-state index contributed by atoms with van der Waals surface area (Å²) in [5.74, 6) is -0.167. The number of para-hydroxylation sites is 1. The smallest absolute Gasteiger partial charge is 0.269 e. The fourth-order valence-corrected chi connectivity index (χ4v) is 4.97. The van der Waals surface area contributed by atoms with E-state index in [9.17, 15) is 23.3 Å². The van der Waals surface area contributed by atoms with Crippen LogP contribution in [0.25, 0.3) is 11.1 Å². The van der Waals surface area contributed by atoms with Crippen molar-refractivity contribution in [1.29, 1.82) is 0 Å². The second-order valence-corrected chi connectivity index (χ2v) is 10.3. The SMILES string of the molecule is CCCc1ccc(C(=O)NS(=O)(=O)c2ccc([N+](=O)[O-])cc2)cc1-c1ccccc1OCc1ccccc1. The molecule has 0 radical (unpaired) electrons. The molecular formula is C29H26N2O6S. The number of amides is 1. The number of rotatable bonds is 10. The fourth-order valence-electron chi connectivity index (χ4n) is 3.99. The van der Waals surface area contributed by atoms with Gasteiger partial charge in [0.1, 0.15) is 12.4 Å². The molecule has 0 aliphatic heterocycles. The number of ether oxygens (including phenoxy) is 1. The van der Waals surface area contributed by atoms with Crippen LogP contribution in [0.3, 0.4) is 0 Å². The van der Waals surface area contributed by atoms with Crippen LogP contribution in [0.2, 0.25) is 0 Å². The molecule has 38 heavy (non-hydrogen) atoms. The van der Waals surface area contributed by atoms with E-state index in [2.05, 4.69) is 11.6 Å². The summed E-state index contributed by atoms with van der Waals surface area (Å²) in [4.78, 5) is 23.0. The van der Waals surface area contributed by atoms with E-state index < -0.39 is 20.9 Å². The third kappa shape index (κ3) is 6.24. The molecule has 0 saturated heterocycles. The van der Waals surface area contributed by atoms with Crippen LogP contribution in [0.4, 0.5) is 5.69 Å². The number of hydrogen-bond acceptors (Lipinski definition) is 6. The summed E-state index contributed by atoms with van der Waals surface area (Å²) in [6.07, 6.45) is 1.63. The lowest BCUT2D eigenvalue weighted by Crippen LogP contribution is -2.30. The maximum atomic E-state index is 13.0. The molecule has 9 heteroatoms. The lowest BCUT2D eigenvalue weighted by Gasteiger charge is -2.16. The van der Waals surface area contributed by atoms with Gasteiger partial charge in [-0.05, 0) is 53.4 Å². The van der Waals surface area contributed by atoms with Gasteiger partial charge in [-0.25, -0.2) is 13.1 Å². The zero-order valence-corrected chi connectivity index (χ0v) is 21.5. The Bertz CT molecular complexity index is 1550. The van der Waals surface area contributed by atoms with Gasteiger partial charge in [0.15, 0.2) is 0 Å². The summed E-state index contributed by atoms with van der Waals surface area (Å²) in [6, 6.07) is 26.7. The summed E-state index contributed by atoms with van der Waals surface area (Å²) < 4.78 is 33.7. The van der Waals surface area contributed by atoms with Crippen molar-refractivity contribution in [2.24, 2.45) is 0 Å². The Kier molecular flexibility index (Phi) is 8.18. The number of nitro benzene ring substituents is 1. The lowest BCUT2D eigenvalue weighted by atomic mass is 9.94. The predicted octanol–water partition coefficient (Wildman–Crippen LogP) is 5.91. The van der Waals surface area contributed by atoms with E-state index in [1.54, 1.807) is 12.1 Å². The molecule has 0 aliphatic rings. The molecule has 1 N–H and O–H groups in total. The third-order valence-corrected chi connectivity index (χ3v) is 7.24. The van der Waals surface area contributed by atoms with Gasteiger partial charge < -0.3 is 4.74 Å². The van der Waals surface area contributed by atoms with Crippen LogP contribution in [0.1, 0.15) is 34.8 Å². The zero-order valence-electron chi connectivity index (χ0n) is 20.7. The van der Waals surface area contributed by atoms with Crippen molar-refractivity contribution in [2.45, 2.75) is 31.3 Å². The molecule has 4 aromatic carbocycles. The van der Waals surface area contributed by atoms with E-state index in [0.29, 0.717) is 12.4 Å². The predicted molar refractivity (Wildman–Crippen MR) is 144 cm³/mol. The average molecular weight is 531 g/mol. The molecular weight excluding hydrogens is 504 g/mol. The van der Waals surface area contributed by atoms with Crippen LogP contribution < -0.4 is 9.46 Å². The Morgan fingerprint density at radius 1 is 0.895 bits per heavy atom. The average Bonchev–Trinajstić information content (AvgIpc) is 2.93. The molecule has 1 amide bonds. The summed E-state index contributed by atoms with van der Waals surface area (Å²) in [6.45, 7) is 2.42. The Morgan fingerprint density at radius 3 is 2.26 bits per heavy atom. The molecule has 0 atom stereocenters. The number of sulfonamides is 1. The van der Waals surface area contributed by atoms with Gasteiger partial charge in [0, 0.05) is 23.3 Å². The summed E-state index contributed by atoms with van der Waals surface area (Å²) in [5, 5.41) is 10.9. The fraction of sp³-hybridized carbons (Fsp3) is 0.138. The minimum Gasteiger partial charge on any atom is -0.488 e. The highest BCUT2D eigenvalue weighted by Crippen LogP contribution is 2.34. The highest BCUT2D eigenvalue weighted by molar-refractivity contribution is 7.90. The molecule has 0 fully saturated rings. The van der Waals surface area contributed by atoms with Crippen LogP contribution in [0, 0.1) is 10.1 Å². The highest BCUT2D eigenvalue weighted by Gasteiger charge is 2.21. The topological polar surface area (TPSA) is 116 Å². The van der Waals surface area contributed by atoms with Gasteiger partial charge in [-0.2, -0.15) is 0 Å². The number of aryl methyl sites for hydroxylation is 1. The Labute approximate surface area is 221 Å². The maximum absolute atomic E-state index is 13.0. The summed E-state index contributed by atoms with van der Waals surface area (Å²) in [7, 11) is -4.24. The third-order valence-electron chi connectivity index (χ3n) is 5.89. The standard InChI is InChI=1S/C29H26N2O6S/c1-2-8-22-13-14-23(29(32)30-38(35,36)25-17-15-24(16-18-25)31(33)34)19-27(22)26-11-6-7-12-28(26)37-20-21-9-4-3-5-10-21/h3-7,9-19H,2,8,20H2,1H3,(H,30,32). The van der Waals surface area contributed by atoms with Crippen molar-refractivity contribution < 1.29 is 22.9 Å². The number of nitrogens with one attached hydrogen (secondary N) is 1. The minimum atomic E-state index is -4.24. The number of nitrogens with zero attached hydrogens (tertiary/aromatic N) is 1. The van der Waals surface area contributed by atoms with Gasteiger partial charge in [-0.1, -0.05) is 67.9 Å². The van der Waals surface area contributed by atoms with Crippen LogP contribution in [0.5, 0.6) is 5.75 Å². The molecule has 0 aromatic heterocycles. The van der Waals surface area contributed by atoms with E-state index in [4.69, 9.17) is 4.74 Å². The molecule has 4 aromatic rings. The van der Waals surface area contributed by atoms with Crippen molar-refractivity contribution in [1.82, 2.24) is 4.72 Å². The monoisotopic (exact) mass is 530 g/mol. The van der Waals surface area contributed by atoms with Crippen LogP contribution in [0.15, 0.2) is 102 Å². The van der Waals surface area contributed by atoms with E-state index in [1.807, 2.05) is 60.7 Å². The van der Waals surface area contributed by atoms with E-state index in [0.717, 1.165) is 59.4 Å². The van der Waals surface area contributed by atoms with Crippen LogP contribution in [-0.2, 0) is 23.1 Å². The zero-order chi connectivity index (χ0) is 27.1. The first-order chi connectivity index (χ1) is 18.3. The van der Waals surface area contributed by atoms with Crippen molar-refractivity contribution >= 4 is 21.6 Å². The second-order valence-electron chi connectivity index (χ2n) is 8.58. The first-order valence-corrected chi connectivity index (χ1v) is 13.5. The molecule has 8 nitrogen and oxygen atoms in total. The van der Waals surface area contributed by atoms with Crippen molar-refractivity contribution in [3.63, 3.8) is 0 Å². The van der Waals surface area contributed by atoms with Crippen LogP contribution >= 0.6 is 0 Å². The second kappa shape index (κ2) is 11.7. The van der Waals surface area contributed by atoms with Gasteiger partial charge in [0.25, 0.3) is 21.6 Å². The molecule has 0 spiro atoms. The molecule has 194 valence electrons. The number of benzene rings is 4. The Balaban J connectivity index is 1.63. The first kappa shape index (κ1) is 26.6. The number of carbonyl (C=O) groups excluding carboxylic acids is 1. The quantitative estimate of drug-likeness (QED) is 0.201. The molecule has 0 saturated carbocycles. The lowest BCUT2D eigenvalue weighted by molar-refractivity contribution is -0.384. The van der Waals surface area contributed by atoms with Crippen molar-refractivity contribution in [3.8, 4) is 16.9 Å². The van der Waals surface area contributed by atoms with E-state index in [1.165, 1.54) is 0 Å². The summed E-state index contributed by atoms with van der Waals surface area (Å²) >= 11 is 0. The molecule has 0 heterocycles. The van der Waals surface area contributed by atoms with Gasteiger partial charge in [-0.3, -0.25) is 14.9 Å². The number of hydrogen-bond donors (Lipinski definition) is 1. The summed E-state index contributed by atoms with van der Waals surface area (Å²) in [5.41, 5.74) is 3.48. The molecule has 4 rings (SSSR count). The van der Waals surface area contributed by atoms with Crippen molar-refractivity contribution in [2.75, 3.05) is 0 Å². The highest BCUT2D eigenvalue weighted by atomic mass is 32.2. The Hall–Kier alpha value is -4.50. The maximum Gasteiger partial charge on any atom is 0.269 e. The Morgan fingerprint density at radius 2 is 1.58 bits per heavy atom. The van der Waals surface area contributed by atoms with E-state index >= 15 is 0 Å².